The van der Waals surface area contributed by atoms with E-state index in [1.165, 1.54) is 36.9 Å². The zero-order chi connectivity index (χ0) is 37.0. The summed E-state index contributed by atoms with van der Waals surface area (Å²) < 4.78 is 9.12. The fraction of sp³-hybridized carbons (Fsp3) is 0. The Bertz CT molecular complexity index is 3230. The molecule has 0 saturated heterocycles. The number of benzene rings is 8. The largest absolute Gasteiger partial charge is 0.456 e. The lowest BCUT2D eigenvalue weighted by atomic mass is 9.92. The Balaban J connectivity index is 1.11. The Kier molecular flexibility index (Phi) is 7.64. The number of rotatable bonds is 6. The van der Waals surface area contributed by atoms with Crippen LogP contribution in [0, 0.1) is 0 Å². The third-order valence-corrected chi connectivity index (χ3v) is 11.7. The van der Waals surface area contributed by atoms with E-state index in [1.54, 1.807) is 0 Å². The van der Waals surface area contributed by atoms with E-state index in [0.717, 1.165) is 55.3 Å². The lowest BCUT2D eigenvalue weighted by Gasteiger charge is -2.12. The third-order valence-electron chi connectivity index (χ3n) is 10.6. The van der Waals surface area contributed by atoms with Gasteiger partial charge in [0, 0.05) is 47.6 Å². The number of aromatic nitrogens is 3. The summed E-state index contributed by atoms with van der Waals surface area (Å²) in [5, 5.41) is 4.53. The zero-order valence-corrected chi connectivity index (χ0v) is 30.9. The van der Waals surface area contributed by atoms with Gasteiger partial charge in [-0.05, 0) is 69.8 Å². The Hall–Kier alpha value is -7.21. The van der Waals surface area contributed by atoms with Crippen LogP contribution < -0.4 is 0 Å². The SMILES string of the molecule is c1ccc(-c2ccc(-c3nc(-c4ccccc4)nc(-c4cccc5oc6ccc(-c7cc8c(cc7-c7ccccc7)sc7ccccc78)cc6c45)n3)cc2)cc1. The summed E-state index contributed by atoms with van der Waals surface area (Å²) in [6.07, 6.45) is 0. The van der Waals surface area contributed by atoms with E-state index in [1.807, 2.05) is 59.9 Å². The van der Waals surface area contributed by atoms with Gasteiger partial charge in [0.1, 0.15) is 11.2 Å². The first kappa shape index (κ1) is 32.2. The van der Waals surface area contributed by atoms with Crippen LogP contribution in [0.5, 0.6) is 0 Å². The van der Waals surface area contributed by atoms with Crippen LogP contribution in [0.3, 0.4) is 0 Å². The van der Waals surface area contributed by atoms with Crippen LogP contribution in [-0.2, 0) is 0 Å². The van der Waals surface area contributed by atoms with Crippen LogP contribution in [0.25, 0.3) is 110 Å². The molecule has 0 aliphatic heterocycles. The van der Waals surface area contributed by atoms with Crippen LogP contribution in [0.4, 0.5) is 0 Å². The summed E-state index contributed by atoms with van der Waals surface area (Å²) in [7, 11) is 0. The van der Waals surface area contributed by atoms with Gasteiger partial charge in [0.15, 0.2) is 17.5 Å². The van der Waals surface area contributed by atoms with Crippen molar-refractivity contribution in [3.05, 3.63) is 188 Å². The lowest BCUT2D eigenvalue weighted by molar-refractivity contribution is 0.669. The minimum absolute atomic E-state index is 0.593. The molecule has 262 valence electrons. The van der Waals surface area contributed by atoms with Gasteiger partial charge < -0.3 is 4.42 Å². The summed E-state index contributed by atoms with van der Waals surface area (Å²) in [4.78, 5) is 15.3. The van der Waals surface area contributed by atoms with Gasteiger partial charge in [0.05, 0.1) is 0 Å². The molecule has 0 saturated carbocycles. The molecule has 0 unspecified atom stereocenters. The molecular weight excluding hydrogens is 703 g/mol. The Morgan fingerprint density at radius 1 is 0.321 bits per heavy atom. The predicted octanol–water partition coefficient (Wildman–Crippen LogP) is 14.1. The van der Waals surface area contributed by atoms with Gasteiger partial charge in [-0.3, -0.25) is 0 Å². The van der Waals surface area contributed by atoms with Crippen LogP contribution in [-0.4, -0.2) is 15.0 Å². The fourth-order valence-electron chi connectivity index (χ4n) is 7.83. The highest BCUT2D eigenvalue weighted by atomic mass is 32.1. The van der Waals surface area contributed by atoms with E-state index < -0.39 is 0 Å². The molecule has 0 radical (unpaired) electrons. The fourth-order valence-corrected chi connectivity index (χ4v) is 8.96. The van der Waals surface area contributed by atoms with Crippen LogP contribution in [0.2, 0.25) is 0 Å². The smallest absolute Gasteiger partial charge is 0.164 e. The van der Waals surface area contributed by atoms with Crippen LogP contribution in [0.15, 0.2) is 192 Å². The second kappa shape index (κ2) is 13.3. The van der Waals surface area contributed by atoms with Crippen molar-refractivity contribution in [3.8, 4) is 67.5 Å². The van der Waals surface area contributed by atoms with Crippen LogP contribution in [0.1, 0.15) is 0 Å². The highest BCUT2D eigenvalue weighted by Crippen LogP contribution is 2.44. The van der Waals surface area contributed by atoms with Crippen molar-refractivity contribution in [2.45, 2.75) is 0 Å². The van der Waals surface area contributed by atoms with Crippen molar-refractivity contribution in [2.24, 2.45) is 0 Å². The molecule has 5 heteroatoms. The molecule has 56 heavy (non-hydrogen) atoms. The normalized spacial score (nSPS) is 11.6. The lowest BCUT2D eigenvalue weighted by Crippen LogP contribution is -2.00. The van der Waals surface area contributed by atoms with Gasteiger partial charge in [0.25, 0.3) is 0 Å². The molecule has 3 aromatic heterocycles. The summed E-state index contributed by atoms with van der Waals surface area (Å²) in [6, 6.07) is 65.7. The first-order valence-electron chi connectivity index (χ1n) is 18.7. The van der Waals surface area contributed by atoms with E-state index in [0.29, 0.717) is 17.5 Å². The topological polar surface area (TPSA) is 51.8 Å². The molecule has 0 fully saturated rings. The number of hydrogen-bond acceptors (Lipinski definition) is 5. The molecule has 11 aromatic rings. The molecule has 0 bridgehead atoms. The maximum atomic E-state index is 6.55. The van der Waals surface area contributed by atoms with Gasteiger partial charge >= 0.3 is 0 Å². The predicted molar refractivity (Wildman–Crippen MR) is 233 cm³/mol. The number of furan rings is 1. The van der Waals surface area contributed by atoms with Gasteiger partial charge in [-0.15, -0.1) is 11.3 Å². The van der Waals surface area contributed by atoms with Crippen molar-refractivity contribution < 1.29 is 4.42 Å². The highest BCUT2D eigenvalue weighted by Gasteiger charge is 2.20. The molecule has 0 aliphatic carbocycles. The summed E-state index contributed by atoms with van der Waals surface area (Å²) in [5.41, 5.74) is 11.3. The van der Waals surface area contributed by atoms with Crippen molar-refractivity contribution in [2.75, 3.05) is 0 Å². The Labute approximate surface area is 327 Å². The molecule has 0 spiro atoms. The number of fused-ring (bicyclic) bond motifs is 6. The second-order valence-corrected chi connectivity index (χ2v) is 15.0. The Morgan fingerprint density at radius 2 is 0.893 bits per heavy atom. The van der Waals surface area contributed by atoms with E-state index in [2.05, 4.69) is 140 Å². The second-order valence-electron chi connectivity index (χ2n) is 14.0. The van der Waals surface area contributed by atoms with E-state index in [9.17, 15) is 0 Å². The molecule has 0 aliphatic rings. The Morgan fingerprint density at radius 3 is 1.64 bits per heavy atom. The number of thiophene rings is 1. The standard InChI is InChI=1S/C51H31N3OS/c1-4-13-32(14-5-1)33-23-25-36(26-24-33)50-52-49(35-17-8-3-9-18-35)53-51(54-50)39-20-12-21-45-48(39)43-29-37(27-28-44(43)55-45)40-30-42-38-19-10-11-22-46(38)56-47(42)31-41(40)34-15-6-2-7-16-34/h1-31H. The van der Waals surface area contributed by atoms with E-state index in [4.69, 9.17) is 19.4 Å². The monoisotopic (exact) mass is 733 g/mol. The van der Waals surface area contributed by atoms with Gasteiger partial charge in [0.2, 0.25) is 0 Å². The molecule has 0 amide bonds. The third kappa shape index (κ3) is 5.56. The molecule has 11 rings (SSSR count). The average Bonchev–Trinajstić information content (AvgIpc) is 3.84. The molecule has 0 atom stereocenters. The quantitative estimate of drug-likeness (QED) is 0.171. The molecule has 4 nitrogen and oxygen atoms in total. The highest BCUT2D eigenvalue weighted by molar-refractivity contribution is 7.25. The maximum absolute atomic E-state index is 6.55. The van der Waals surface area contributed by atoms with Crippen LogP contribution >= 0.6 is 11.3 Å². The van der Waals surface area contributed by atoms with Gasteiger partial charge in [-0.25, -0.2) is 15.0 Å². The summed E-state index contributed by atoms with van der Waals surface area (Å²) in [6.45, 7) is 0. The molecule has 3 heterocycles. The van der Waals surface area contributed by atoms with E-state index >= 15 is 0 Å². The summed E-state index contributed by atoms with van der Waals surface area (Å²) >= 11 is 1.84. The van der Waals surface area contributed by atoms with E-state index in [-0.39, 0.29) is 0 Å². The van der Waals surface area contributed by atoms with Gasteiger partial charge in [-0.1, -0.05) is 152 Å². The molecular formula is C51H31N3OS. The van der Waals surface area contributed by atoms with Crippen molar-refractivity contribution >= 4 is 53.4 Å². The first-order chi connectivity index (χ1) is 27.7. The van der Waals surface area contributed by atoms with Crippen molar-refractivity contribution in [1.82, 2.24) is 15.0 Å². The molecule has 0 N–H and O–H groups in total. The zero-order valence-electron chi connectivity index (χ0n) is 30.1. The summed E-state index contributed by atoms with van der Waals surface area (Å²) in [5.74, 6) is 1.82. The van der Waals surface area contributed by atoms with Crippen molar-refractivity contribution in [1.29, 1.82) is 0 Å². The number of hydrogen-bond donors (Lipinski definition) is 0. The average molecular weight is 734 g/mol. The minimum atomic E-state index is 0.593. The minimum Gasteiger partial charge on any atom is -0.456 e. The number of nitrogens with zero attached hydrogens (tertiary/aromatic N) is 3. The first-order valence-corrected chi connectivity index (χ1v) is 19.5. The maximum Gasteiger partial charge on any atom is 0.164 e. The molecule has 8 aromatic carbocycles. The van der Waals surface area contributed by atoms with Gasteiger partial charge in [-0.2, -0.15) is 0 Å². The van der Waals surface area contributed by atoms with Crippen molar-refractivity contribution in [3.63, 3.8) is 0 Å².